The molecule has 0 saturated heterocycles. The Bertz CT molecular complexity index is 883. The lowest BCUT2D eigenvalue weighted by molar-refractivity contribution is 0.408. The normalized spacial score (nSPS) is 12.5. The van der Waals surface area contributed by atoms with Gasteiger partial charge < -0.3 is 10.2 Å². The number of nitrogens with zero attached hydrogens (tertiary/aromatic N) is 1. The number of thiocarbonyl (C=S) groups is 1. The van der Waals surface area contributed by atoms with Crippen molar-refractivity contribution in [2.24, 2.45) is 5.14 Å². The lowest BCUT2D eigenvalue weighted by Gasteiger charge is -2.28. The van der Waals surface area contributed by atoms with E-state index in [0.29, 0.717) is 10.1 Å². The Morgan fingerprint density at radius 3 is 2.40 bits per heavy atom. The first kappa shape index (κ1) is 19.7. The van der Waals surface area contributed by atoms with Crippen LogP contribution in [0, 0.1) is 6.92 Å². The van der Waals surface area contributed by atoms with E-state index >= 15 is 0 Å². The first-order valence-electron chi connectivity index (χ1n) is 7.53. The maximum absolute atomic E-state index is 11.3. The molecule has 0 heterocycles. The second-order valence-corrected chi connectivity index (χ2v) is 8.10. The van der Waals surface area contributed by atoms with Gasteiger partial charge in [-0.2, -0.15) is 0 Å². The van der Waals surface area contributed by atoms with Crippen LogP contribution in [0.1, 0.15) is 24.1 Å². The molecule has 0 spiro atoms. The summed E-state index contributed by atoms with van der Waals surface area (Å²) >= 11 is 11.6. The highest BCUT2D eigenvalue weighted by Gasteiger charge is 2.16. The van der Waals surface area contributed by atoms with Crippen molar-refractivity contribution in [2.75, 3.05) is 12.4 Å². The molecule has 0 aliphatic rings. The number of hydrogen-bond donors (Lipinski definition) is 2. The third-order valence-electron chi connectivity index (χ3n) is 4.10. The molecule has 0 bridgehead atoms. The fourth-order valence-corrected chi connectivity index (χ4v) is 3.24. The van der Waals surface area contributed by atoms with Gasteiger partial charge in [-0.05, 0) is 61.5 Å². The molecule has 1 atom stereocenters. The van der Waals surface area contributed by atoms with Gasteiger partial charge >= 0.3 is 0 Å². The number of nitrogens with one attached hydrogen (secondary N) is 1. The molecular weight excluding hydrogens is 378 g/mol. The van der Waals surface area contributed by atoms with Crippen LogP contribution in [0.3, 0.4) is 0 Å². The second kappa shape index (κ2) is 7.70. The van der Waals surface area contributed by atoms with Gasteiger partial charge in [0.1, 0.15) is 0 Å². The lowest BCUT2D eigenvalue weighted by atomic mass is 10.1. The molecule has 0 amide bonds. The van der Waals surface area contributed by atoms with Gasteiger partial charge in [-0.3, -0.25) is 0 Å². The van der Waals surface area contributed by atoms with Crippen LogP contribution in [0.5, 0.6) is 0 Å². The summed E-state index contributed by atoms with van der Waals surface area (Å²) < 4.78 is 22.7. The van der Waals surface area contributed by atoms with Crippen LogP contribution < -0.4 is 10.5 Å². The zero-order chi connectivity index (χ0) is 18.8. The van der Waals surface area contributed by atoms with Crippen molar-refractivity contribution in [2.45, 2.75) is 24.8 Å². The average Bonchev–Trinajstić information content (AvgIpc) is 2.57. The van der Waals surface area contributed by atoms with Gasteiger partial charge in [0.05, 0.1) is 10.9 Å². The summed E-state index contributed by atoms with van der Waals surface area (Å²) in [5, 5.41) is 9.52. The predicted octanol–water partition coefficient (Wildman–Crippen LogP) is 3.69. The van der Waals surface area contributed by atoms with Gasteiger partial charge in [-0.15, -0.1) is 0 Å². The Labute approximate surface area is 158 Å². The summed E-state index contributed by atoms with van der Waals surface area (Å²) in [5.41, 5.74) is 2.69. The van der Waals surface area contributed by atoms with Crippen LogP contribution in [0.2, 0.25) is 5.02 Å². The van der Waals surface area contributed by atoms with E-state index in [0.717, 1.165) is 16.8 Å². The molecule has 0 aliphatic carbocycles. The molecule has 0 unspecified atom stereocenters. The van der Waals surface area contributed by atoms with E-state index in [1.807, 2.05) is 44.0 Å². The Hall–Kier alpha value is -1.67. The molecule has 0 aromatic heterocycles. The van der Waals surface area contributed by atoms with E-state index in [-0.39, 0.29) is 10.9 Å². The summed E-state index contributed by atoms with van der Waals surface area (Å²) in [5.74, 6) is 0. The van der Waals surface area contributed by atoms with E-state index < -0.39 is 10.0 Å². The number of sulfonamides is 1. The Balaban J connectivity index is 2.14. The third kappa shape index (κ3) is 4.70. The SMILES string of the molecule is Cc1c(Cl)cccc1NC(=S)N(C)[C@@H](C)c1ccc(S(N)(=O)=O)cc1. The maximum atomic E-state index is 11.3. The number of primary sulfonamides is 1. The van der Waals surface area contributed by atoms with Crippen LogP contribution in [0.4, 0.5) is 5.69 Å². The van der Waals surface area contributed by atoms with Crippen molar-refractivity contribution in [1.29, 1.82) is 0 Å². The molecular formula is C17H20ClN3O2S2. The van der Waals surface area contributed by atoms with E-state index in [1.165, 1.54) is 12.1 Å². The largest absolute Gasteiger partial charge is 0.345 e. The first-order chi connectivity index (χ1) is 11.6. The fraction of sp³-hybridized carbons (Fsp3) is 0.235. The van der Waals surface area contributed by atoms with Gasteiger partial charge in [0, 0.05) is 17.8 Å². The van der Waals surface area contributed by atoms with Gasteiger partial charge in [-0.1, -0.05) is 29.8 Å². The van der Waals surface area contributed by atoms with Crippen LogP contribution in [-0.4, -0.2) is 25.5 Å². The minimum absolute atomic E-state index is 0.0611. The molecule has 0 radical (unpaired) electrons. The second-order valence-electron chi connectivity index (χ2n) is 5.74. The van der Waals surface area contributed by atoms with Crippen LogP contribution >= 0.6 is 23.8 Å². The molecule has 2 aromatic rings. The average molecular weight is 398 g/mol. The highest BCUT2D eigenvalue weighted by atomic mass is 35.5. The van der Waals surface area contributed by atoms with E-state index in [1.54, 1.807) is 12.1 Å². The molecule has 2 aromatic carbocycles. The molecule has 0 saturated carbocycles. The van der Waals surface area contributed by atoms with Crippen molar-refractivity contribution >= 4 is 44.6 Å². The summed E-state index contributed by atoms with van der Waals surface area (Å²) in [6, 6.07) is 12.0. The van der Waals surface area contributed by atoms with Crippen LogP contribution in [0.25, 0.3) is 0 Å². The summed E-state index contributed by atoms with van der Waals surface area (Å²) in [7, 11) is -1.83. The number of benzene rings is 2. The van der Waals surface area contributed by atoms with Crippen molar-refractivity contribution in [3.05, 3.63) is 58.6 Å². The molecule has 0 aliphatic heterocycles. The maximum Gasteiger partial charge on any atom is 0.238 e. The molecule has 25 heavy (non-hydrogen) atoms. The van der Waals surface area contributed by atoms with Gasteiger partial charge in [0.2, 0.25) is 10.0 Å². The van der Waals surface area contributed by atoms with Crippen molar-refractivity contribution in [3.63, 3.8) is 0 Å². The topological polar surface area (TPSA) is 75.4 Å². The highest BCUT2D eigenvalue weighted by Crippen LogP contribution is 2.25. The molecule has 134 valence electrons. The summed E-state index contributed by atoms with van der Waals surface area (Å²) in [6.07, 6.45) is 0. The third-order valence-corrected chi connectivity index (χ3v) is 5.83. The lowest BCUT2D eigenvalue weighted by Crippen LogP contribution is -2.33. The standard InChI is InChI=1S/C17H20ClN3O2S2/c1-11-15(18)5-4-6-16(11)20-17(24)21(3)12(2)13-7-9-14(10-8-13)25(19,22)23/h4-10,12H,1-3H3,(H,20,24)(H2,19,22,23)/t12-/m0/s1. The Kier molecular flexibility index (Phi) is 6.05. The molecule has 5 nitrogen and oxygen atoms in total. The number of halogens is 1. The van der Waals surface area contributed by atoms with Crippen LogP contribution in [0.15, 0.2) is 47.4 Å². The molecule has 3 N–H and O–H groups in total. The molecule has 2 rings (SSSR count). The van der Waals surface area contributed by atoms with Crippen molar-refractivity contribution in [3.8, 4) is 0 Å². The quantitative estimate of drug-likeness (QED) is 0.769. The van der Waals surface area contributed by atoms with Gasteiger partial charge in [-0.25, -0.2) is 13.6 Å². The Morgan fingerprint density at radius 1 is 1.24 bits per heavy atom. The van der Waals surface area contributed by atoms with Crippen molar-refractivity contribution in [1.82, 2.24) is 4.90 Å². The van der Waals surface area contributed by atoms with E-state index in [4.69, 9.17) is 29.0 Å². The van der Waals surface area contributed by atoms with Gasteiger partial charge in [0.15, 0.2) is 5.11 Å². The first-order valence-corrected chi connectivity index (χ1v) is 9.86. The highest BCUT2D eigenvalue weighted by molar-refractivity contribution is 7.89. The van der Waals surface area contributed by atoms with E-state index in [9.17, 15) is 8.42 Å². The van der Waals surface area contributed by atoms with E-state index in [2.05, 4.69) is 5.32 Å². The summed E-state index contributed by atoms with van der Waals surface area (Å²) in [4.78, 5) is 1.98. The fourth-order valence-electron chi connectivity index (χ4n) is 2.28. The molecule has 0 fully saturated rings. The Morgan fingerprint density at radius 2 is 1.84 bits per heavy atom. The number of hydrogen-bond acceptors (Lipinski definition) is 3. The zero-order valence-corrected chi connectivity index (χ0v) is 16.5. The minimum Gasteiger partial charge on any atom is -0.345 e. The molecule has 8 heteroatoms. The number of anilines is 1. The number of rotatable bonds is 4. The predicted molar refractivity (Wildman–Crippen MR) is 106 cm³/mol. The van der Waals surface area contributed by atoms with Gasteiger partial charge in [0.25, 0.3) is 0 Å². The minimum atomic E-state index is -3.70. The smallest absolute Gasteiger partial charge is 0.238 e. The number of nitrogens with two attached hydrogens (primary N) is 1. The van der Waals surface area contributed by atoms with Crippen LogP contribution in [-0.2, 0) is 10.0 Å². The monoisotopic (exact) mass is 397 g/mol. The van der Waals surface area contributed by atoms with Crippen molar-refractivity contribution < 1.29 is 8.42 Å². The summed E-state index contributed by atoms with van der Waals surface area (Å²) in [6.45, 7) is 3.90. The zero-order valence-electron chi connectivity index (χ0n) is 14.2.